The number of rotatable bonds is 7. The van der Waals surface area contributed by atoms with Crippen molar-refractivity contribution in [3.8, 4) is 45.0 Å². The van der Waals surface area contributed by atoms with Gasteiger partial charge < -0.3 is 0 Å². The summed E-state index contributed by atoms with van der Waals surface area (Å²) in [6, 6.07) is 35.5. The van der Waals surface area contributed by atoms with E-state index in [1.54, 1.807) is 12.2 Å². The molecular formula is C34H27N3. The molecule has 3 nitrogen and oxygen atoms in total. The molecule has 37 heavy (non-hydrogen) atoms. The quantitative estimate of drug-likeness (QED) is 0.220. The molecule has 0 saturated heterocycles. The lowest BCUT2D eigenvalue weighted by Gasteiger charge is -2.10. The minimum atomic E-state index is 0.561. The van der Waals surface area contributed by atoms with Gasteiger partial charge in [0.25, 0.3) is 0 Å². The van der Waals surface area contributed by atoms with Crippen molar-refractivity contribution in [2.45, 2.75) is 6.92 Å². The first-order valence-corrected chi connectivity index (χ1v) is 12.2. The average Bonchev–Trinajstić information content (AvgIpc) is 2.96. The molecule has 3 heteroatoms. The van der Waals surface area contributed by atoms with Crippen molar-refractivity contribution in [3.63, 3.8) is 0 Å². The van der Waals surface area contributed by atoms with Crippen molar-refractivity contribution in [2.24, 2.45) is 0 Å². The maximum absolute atomic E-state index is 4.85. The van der Waals surface area contributed by atoms with Gasteiger partial charge >= 0.3 is 0 Å². The van der Waals surface area contributed by atoms with E-state index in [1.165, 1.54) is 16.7 Å². The molecule has 0 radical (unpaired) electrons. The van der Waals surface area contributed by atoms with Gasteiger partial charge in [-0.25, -0.2) is 15.0 Å². The molecule has 0 aliphatic carbocycles. The first kappa shape index (κ1) is 23.8. The van der Waals surface area contributed by atoms with Crippen LogP contribution in [0.2, 0.25) is 0 Å². The minimum Gasteiger partial charge on any atom is -0.208 e. The Morgan fingerprint density at radius 2 is 1.08 bits per heavy atom. The number of aromatic nitrogens is 3. The van der Waals surface area contributed by atoms with Gasteiger partial charge in [0, 0.05) is 16.7 Å². The highest BCUT2D eigenvalue weighted by molar-refractivity contribution is 5.77. The molecule has 1 aromatic heterocycles. The van der Waals surface area contributed by atoms with Gasteiger partial charge in [0.1, 0.15) is 0 Å². The summed E-state index contributed by atoms with van der Waals surface area (Å²) in [6.45, 7) is 9.87. The van der Waals surface area contributed by atoms with Crippen molar-refractivity contribution in [1.82, 2.24) is 15.0 Å². The fourth-order valence-electron chi connectivity index (χ4n) is 4.25. The third kappa shape index (κ3) is 5.36. The van der Waals surface area contributed by atoms with Crippen LogP contribution in [-0.4, -0.2) is 15.0 Å². The van der Waals surface area contributed by atoms with Crippen molar-refractivity contribution in [1.29, 1.82) is 0 Å². The third-order valence-corrected chi connectivity index (χ3v) is 6.11. The molecule has 1 heterocycles. The van der Waals surface area contributed by atoms with Crippen molar-refractivity contribution < 1.29 is 0 Å². The smallest absolute Gasteiger partial charge is 0.164 e. The Morgan fingerprint density at radius 1 is 0.568 bits per heavy atom. The molecule has 0 fully saturated rings. The molecule has 0 saturated carbocycles. The fraction of sp³-hybridized carbons (Fsp3) is 0.0294. The molecule has 0 aliphatic rings. The number of allylic oxidation sites excluding steroid dienone is 4. The molecule has 0 unspecified atom stereocenters. The van der Waals surface area contributed by atoms with E-state index in [2.05, 4.69) is 80.7 Å². The molecule has 178 valence electrons. The van der Waals surface area contributed by atoms with Crippen LogP contribution < -0.4 is 0 Å². The largest absolute Gasteiger partial charge is 0.208 e. The Bertz CT molecular complexity index is 1610. The monoisotopic (exact) mass is 477 g/mol. The number of hydrogen-bond acceptors (Lipinski definition) is 3. The summed E-state index contributed by atoms with van der Waals surface area (Å²) in [5.41, 5.74) is 8.51. The van der Waals surface area contributed by atoms with Gasteiger partial charge in [-0.3, -0.25) is 0 Å². The zero-order valence-electron chi connectivity index (χ0n) is 20.8. The fourth-order valence-corrected chi connectivity index (χ4v) is 4.25. The molecular weight excluding hydrogens is 450 g/mol. The van der Waals surface area contributed by atoms with E-state index in [-0.39, 0.29) is 0 Å². The zero-order chi connectivity index (χ0) is 25.6. The maximum atomic E-state index is 4.85. The zero-order valence-corrected chi connectivity index (χ0v) is 20.8. The number of hydrogen-bond donors (Lipinski definition) is 0. The highest BCUT2D eigenvalue weighted by Gasteiger charge is 2.13. The van der Waals surface area contributed by atoms with Crippen LogP contribution in [0.4, 0.5) is 0 Å². The van der Waals surface area contributed by atoms with Crippen LogP contribution in [0.15, 0.2) is 135 Å². The van der Waals surface area contributed by atoms with Crippen LogP contribution in [0, 0.1) is 6.92 Å². The van der Waals surface area contributed by atoms with Gasteiger partial charge in [0.15, 0.2) is 17.5 Å². The van der Waals surface area contributed by atoms with E-state index in [0.717, 1.165) is 27.8 Å². The second-order valence-electron chi connectivity index (χ2n) is 8.77. The summed E-state index contributed by atoms with van der Waals surface area (Å²) in [5.74, 6) is 1.78. The lowest BCUT2D eigenvalue weighted by atomic mass is 9.97. The summed E-state index contributed by atoms with van der Waals surface area (Å²) >= 11 is 0. The summed E-state index contributed by atoms with van der Waals surface area (Å²) in [7, 11) is 0. The summed E-state index contributed by atoms with van der Waals surface area (Å²) < 4.78 is 0. The average molecular weight is 478 g/mol. The van der Waals surface area contributed by atoms with E-state index in [1.807, 2.05) is 48.5 Å². The second-order valence-corrected chi connectivity index (χ2v) is 8.77. The predicted molar refractivity (Wildman–Crippen MR) is 155 cm³/mol. The Kier molecular flexibility index (Phi) is 6.95. The topological polar surface area (TPSA) is 38.7 Å². The van der Waals surface area contributed by atoms with Crippen molar-refractivity contribution in [3.05, 3.63) is 146 Å². The lowest BCUT2D eigenvalue weighted by molar-refractivity contribution is 1.04. The van der Waals surface area contributed by atoms with Gasteiger partial charge in [0.05, 0.1) is 0 Å². The highest BCUT2D eigenvalue weighted by Crippen LogP contribution is 2.30. The number of nitrogens with zero attached hydrogens (tertiary/aromatic N) is 3. The molecule has 0 N–H and O–H groups in total. The van der Waals surface area contributed by atoms with Crippen LogP contribution in [0.3, 0.4) is 0 Å². The van der Waals surface area contributed by atoms with E-state index < -0.39 is 0 Å². The Balaban J connectivity index is 1.60. The SMILES string of the molecule is C=C/C=C(\C=C)c1nc(-c2ccccc2)nc(-c2cccc(-c3cccc(-c4cccc(C)c4)c3)c2)n1. The first-order chi connectivity index (χ1) is 18.1. The molecule has 0 aliphatic heterocycles. The van der Waals surface area contributed by atoms with Crippen LogP contribution in [0.1, 0.15) is 11.4 Å². The van der Waals surface area contributed by atoms with Gasteiger partial charge in [-0.1, -0.05) is 128 Å². The van der Waals surface area contributed by atoms with Crippen molar-refractivity contribution >= 4 is 5.57 Å². The van der Waals surface area contributed by atoms with Gasteiger partial charge in [-0.05, 0) is 41.3 Å². The van der Waals surface area contributed by atoms with E-state index >= 15 is 0 Å². The molecule has 0 bridgehead atoms. The molecule has 0 spiro atoms. The standard InChI is InChI=1S/C34H27N3/c1-4-12-25(5-2)32-35-33(26-14-7-6-8-15-26)37-34(36-32)31-20-11-19-30(23-31)29-18-10-17-28(22-29)27-16-9-13-24(3)21-27/h4-23H,1-2H2,3H3/b25-12+. The maximum Gasteiger partial charge on any atom is 0.164 e. The van der Waals surface area contributed by atoms with Crippen LogP contribution >= 0.6 is 0 Å². The molecule has 4 aromatic carbocycles. The molecule has 0 atom stereocenters. The van der Waals surface area contributed by atoms with Crippen LogP contribution in [-0.2, 0) is 0 Å². The first-order valence-electron chi connectivity index (χ1n) is 12.2. The Morgan fingerprint density at radius 3 is 1.68 bits per heavy atom. The van der Waals surface area contributed by atoms with E-state index in [0.29, 0.717) is 17.5 Å². The van der Waals surface area contributed by atoms with Crippen LogP contribution in [0.25, 0.3) is 50.6 Å². The summed E-state index contributed by atoms with van der Waals surface area (Å²) in [4.78, 5) is 14.4. The Hall–Kier alpha value is -4.89. The minimum absolute atomic E-state index is 0.561. The predicted octanol–water partition coefficient (Wildman–Crippen LogP) is 8.60. The van der Waals surface area contributed by atoms with Gasteiger partial charge in [0.2, 0.25) is 0 Å². The molecule has 5 aromatic rings. The highest BCUT2D eigenvalue weighted by atomic mass is 15.0. The van der Waals surface area contributed by atoms with Gasteiger partial charge in [-0.2, -0.15) is 0 Å². The number of aryl methyl sites for hydroxylation is 1. The summed E-state index contributed by atoms with van der Waals surface area (Å²) in [6.07, 6.45) is 5.31. The van der Waals surface area contributed by atoms with E-state index in [4.69, 9.17) is 15.0 Å². The summed E-state index contributed by atoms with van der Waals surface area (Å²) in [5, 5.41) is 0. The normalized spacial score (nSPS) is 11.2. The third-order valence-electron chi connectivity index (χ3n) is 6.11. The van der Waals surface area contributed by atoms with Gasteiger partial charge in [-0.15, -0.1) is 0 Å². The molecule has 0 amide bonds. The molecule has 5 rings (SSSR count). The van der Waals surface area contributed by atoms with E-state index in [9.17, 15) is 0 Å². The number of benzene rings is 4. The lowest BCUT2D eigenvalue weighted by Crippen LogP contribution is -2.02. The second kappa shape index (κ2) is 10.8. The van der Waals surface area contributed by atoms with Crippen LogP contribution in [0.5, 0.6) is 0 Å². The Labute approximate surface area is 218 Å². The van der Waals surface area contributed by atoms with Crippen molar-refractivity contribution in [2.75, 3.05) is 0 Å².